The zero-order valence-corrected chi connectivity index (χ0v) is 16.1. The maximum Gasteiger partial charge on any atom is 0.344 e. The molecule has 0 bridgehead atoms. The molecule has 5 heteroatoms. The molecule has 4 rings (SSSR count). The summed E-state index contributed by atoms with van der Waals surface area (Å²) in [5.74, 6) is 1.02. The lowest BCUT2D eigenvalue weighted by Gasteiger charge is -2.11. The van der Waals surface area contributed by atoms with E-state index in [1.807, 2.05) is 25.1 Å². The number of rotatable bonds is 5. The zero-order chi connectivity index (χ0) is 20.4. The van der Waals surface area contributed by atoms with Gasteiger partial charge in [-0.15, -0.1) is 0 Å². The van der Waals surface area contributed by atoms with Gasteiger partial charge in [0.05, 0.1) is 12.7 Å². The highest BCUT2D eigenvalue weighted by Crippen LogP contribution is 2.30. The van der Waals surface area contributed by atoms with E-state index in [0.717, 1.165) is 22.1 Å². The van der Waals surface area contributed by atoms with Gasteiger partial charge in [0.25, 0.3) is 0 Å². The molecule has 146 valence electrons. The molecule has 0 amide bonds. The van der Waals surface area contributed by atoms with Crippen molar-refractivity contribution in [1.29, 1.82) is 0 Å². The number of halogens is 1. The highest BCUT2D eigenvalue weighted by Gasteiger charge is 2.14. The molecule has 4 nitrogen and oxygen atoms in total. The second-order valence-electron chi connectivity index (χ2n) is 6.69. The van der Waals surface area contributed by atoms with Gasteiger partial charge in [0.1, 0.15) is 29.5 Å². The van der Waals surface area contributed by atoms with Crippen molar-refractivity contribution in [3.8, 4) is 22.6 Å². The predicted octanol–water partition coefficient (Wildman–Crippen LogP) is 5.50. The van der Waals surface area contributed by atoms with E-state index in [1.165, 1.54) is 12.1 Å². The van der Waals surface area contributed by atoms with Crippen LogP contribution < -0.4 is 15.1 Å². The Morgan fingerprint density at radius 1 is 0.966 bits per heavy atom. The first kappa shape index (κ1) is 18.7. The SMILES string of the molecule is COc1ccc(-c2c(C)c3cc(OCc4cccc(F)c4)ccc3oc2=O)cc1. The van der Waals surface area contributed by atoms with Gasteiger partial charge in [-0.2, -0.15) is 0 Å². The Balaban J connectivity index is 1.70. The summed E-state index contributed by atoms with van der Waals surface area (Å²) in [4.78, 5) is 12.6. The first-order valence-electron chi connectivity index (χ1n) is 9.14. The van der Waals surface area contributed by atoms with Crippen LogP contribution in [0.15, 0.2) is 75.9 Å². The van der Waals surface area contributed by atoms with Crippen molar-refractivity contribution in [3.05, 3.63) is 94.1 Å². The zero-order valence-electron chi connectivity index (χ0n) is 16.1. The lowest BCUT2D eigenvalue weighted by molar-refractivity contribution is 0.306. The van der Waals surface area contributed by atoms with Crippen LogP contribution in [0.1, 0.15) is 11.1 Å². The average molecular weight is 390 g/mol. The molecular weight excluding hydrogens is 371 g/mol. The van der Waals surface area contributed by atoms with Gasteiger partial charge in [0, 0.05) is 5.39 Å². The van der Waals surface area contributed by atoms with Gasteiger partial charge in [-0.3, -0.25) is 0 Å². The molecule has 0 saturated heterocycles. The number of hydrogen-bond donors (Lipinski definition) is 0. The van der Waals surface area contributed by atoms with Crippen LogP contribution in [-0.2, 0) is 6.61 Å². The molecule has 0 aliphatic rings. The van der Waals surface area contributed by atoms with E-state index in [9.17, 15) is 9.18 Å². The lowest BCUT2D eigenvalue weighted by atomic mass is 9.99. The number of methoxy groups -OCH3 is 1. The summed E-state index contributed by atoms with van der Waals surface area (Å²) in [6.07, 6.45) is 0. The third kappa shape index (κ3) is 3.85. The van der Waals surface area contributed by atoms with E-state index in [1.54, 1.807) is 43.5 Å². The molecule has 0 N–H and O–H groups in total. The normalized spacial score (nSPS) is 10.9. The van der Waals surface area contributed by atoms with Crippen molar-refractivity contribution in [1.82, 2.24) is 0 Å². The summed E-state index contributed by atoms with van der Waals surface area (Å²) in [5.41, 5.74) is 2.89. The summed E-state index contributed by atoms with van der Waals surface area (Å²) in [6.45, 7) is 2.12. The minimum atomic E-state index is -0.395. The summed E-state index contributed by atoms with van der Waals surface area (Å²) in [6, 6.07) is 18.8. The molecule has 1 heterocycles. The Morgan fingerprint density at radius 2 is 1.72 bits per heavy atom. The van der Waals surface area contributed by atoms with Crippen LogP contribution in [0.4, 0.5) is 4.39 Å². The van der Waals surface area contributed by atoms with Crippen molar-refractivity contribution < 1.29 is 18.3 Å². The fourth-order valence-corrected chi connectivity index (χ4v) is 3.31. The summed E-state index contributed by atoms with van der Waals surface area (Å²) in [7, 11) is 1.59. The summed E-state index contributed by atoms with van der Waals surface area (Å²) in [5, 5.41) is 0.784. The van der Waals surface area contributed by atoms with Gasteiger partial charge in [-0.05, 0) is 66.1 Å². The Kier molecular flexibility index (Phi) is 5.04. The molecule has 29 heavy (non-hydrogen) atoms. The number of benzene rings is 3. The minimum Gasteiger partial charge on any atom is -0.497 e. The van der Waals surface area contributed by atoms with E-state index in [0.29, 0.717) is 22.6 Å². The maximum absolute atomic E-state index is 13.3. The number of ether oxygens (including phenoxy) is 2. The van der Waals surface area contributed by atoms with Crippen LogP contribution in [0.3, 0.4) is 0 Å². The van der Waals surface area contributed by atoms with Crippen LogP contribution >= 0.6 is 0 Å². The first-order chi connectivity index (χ1) is 14.0. The second-order valence-corrected chi connectivity index (χ2v) is 6.69. The molecule has 0 unspecified atom stereocenters. The van der Waals surface area contributed by atoms with Crippen molar-refractivity contribution in [2.75, 3.05) is 7.11 Å². The van der Waals surface area contributed by atoms with Gasteiger partial charge in [-0.25, -0.2) is 9.18 Å². The van der Waals surface area contributed by atoms with Gasteiger partial charge in [0.15, 0.2) is 0 Å². The van der Waals surface area contributed by atoms with Gasteiger partial charge >= 0.3 is 5.63 Å². The van der Waals surface area contributed by atoms with Crippen LogP contribution in [0.25, 0.3) is 22.1 Å². The van der Waals surface area contributed by atoms with Crippen LogP contribution in [-0.4, -0.2) is 7.11 Å². The van der Waals surface area contributed by atoms with Crippen molar-refractivity contribution in [2.45, 2.75) is 13.5 Å². The molecule has 0 atom stereocenters. The Morgan fingerprint density at radius 3 is 2.45 bits per heavy atom. The molecule has 0 fully saturated rings. The molecular formula is C24H19FO4. The van der Waals surface area contributed by atoms with E-state index >= 15 is 0 Å². The first-order valence-corrected chi connectivity index (χ1v) is 9.14. The molecule has 3 aromatic carbocycles. The average Bonchev–Trinajstić information content (AvgIpc) is 2.73. The number of fused-ring (bicyclic) bond motifs is 1. The van der Waals surface area contributed by atoms with Gasteiger partial charge < -0.3 is 13.9 Å². The Labute approximate surface area is 167 Å². The largest absolute Gasteiger partial charge is 0.497 e. The fraction of sp³-hybridized carbons (Fsp3) is 0.125. The molecule has 1 aromatic heterocycles. The van der Waals surface area contributed by atoms with Crippen LogP contribution in [0, 0.1) is 12.7 Å². The molecule has 4 aromatic rings. The van der Waals surface area contributed by atoms with Crippen LogP contribution in [0.2, 0.25) is 0 Å². The third-order valence-electron chi connectivity index (χ3n) is 4.81. The van der Waals surface area contributed by atoms with Crippen molar-refractivity contribution in [3.63, 3.8) is 0 Å². The third-order valence-corrected chi connectivity index (χ3v) is 4.81. The predicted molar refractivity (Wildman–Crippen MR) is 110 cm³/mol. The standard InChI is InChI=1S/C24H19FO4/c1-15-21-13-20(28-14-16-4-3-5-18(25)12-16)10-11-22(21)29-24(26)23(15)17-6-8-19(27-2)9-7-17/h3-13H,14H2,1-2H3. The monoisotopic (exact) mass is 390 g/mol. The quantitative estimate of drug-likeness (QED) is 0.423. The Bertz CT molecular complexity index is 1230. The highest BCUT2D eigenvalue weighted by molar-refractivity contribution is 5.87. The van der Waals surface area contributed by atoms with Crippen molar-refractivity contribution >= 4 is 11.0 Å². The van der Waals surface area contributed by atoms with Gasteiger partial charge in [0.2, 0.25) is 0 Å². The summed E-state index contributed by atoms with van der Waals surface area (Å²) >= 11 is 0. The Hall–Kier alpha value is -3.60. The molecule has 0 aliphatic heterocycles. The maximum atomic E-state index is 13.3. The number of hydrogen-bond acceptors (Lipinski definition) is 4. The fourth-order valence-electron chi connectivity index (χ4n) is 3.31. The van der Waals surface area contributed by atoms with E-state index < -0.39 is 5.63 Å². The second kappa shape index (κ2) is 7.80. The van der Waals surface area contributed by atoms with Crippen LogP contribution in [0.5, 0.6) is 11.5 Å². The topological polar surface area (TPSA) is 48.7 Å². The molecule has 0 radical (unpaired) electrons. The summed E-state index contributed by atoms with van der Waals surface area (Å²) < 4.78 is 29.9. The van der Waals surface area contributed by atoms with E-state index in [2.05, 4.69) is 0 Å². The lowest BCUT2D eigenvalue weighted by Crippen LogP contribution is -2.06. The van der Waals surface area contributed by atoms with E-state index in [-0.39, 0.29) is 12.4 Å². The molecule has 0 spiro atoms. The smallest absolute Gasteiger partial charge is 0.344 e. The van der Waals surface area contributed by atoms with Gasteiger partial charge in [-0.1, -0.05) is 24.3 Å². The molecule has 0 aliphatic carbocycles. The highest BCUT2D eigenvalue weighted by atomic mass is 19.1. The molecule has 0 saturated carbocycles. The van der Waals surface area contributed by atoms with Crippen molar-refractivity contribution in [2.24, 2.45) is 0 Å². The van der Waals surface area contributed by atoms with E-state index in [4.69, 9.17) is 13.9 Å². The minimum absolute atomic E-state index is 0.241. The number of aryl methyl sites for hydroxylation is 1.